The van der Waals surface area contributed by atoms with Gasteiger partial charge in [-0.15, -0.1) is 0 Å². The van der Waals surface area contributed by atoms with E-state index in [9.17, 15) is 9.59 Å². The first-order valence-electron chi connectivity index (χ1n) is 5.78. The monoisotopic (exact) mass is 230 g/mol. The topological polar surface area (TPSA) is 83.6 Å². The molecule has 0 heterocycles. The quantitative estimate of drug-likeness (QED) is 0.557. The molecule has 0 fully saturated rings. The highest BCUT2D eigenvalue weighted by Crippen LogP contribution is 2.02. The molecule has 16 heavy (non-hydrogen) atoms. The van der Waals surface area contributed by atoms with Crippen molar-refractivity contribution in [2.45, 2.75) is 39.0 Å². The van der Waals surface area contributed by atoms with Crippen molar-refractivity contribution in [1.82, 2.24) is 4.90 Å². The Bertz CT molecular complexity index is 219. The molecule has 5 nitrogen and oxygen atoms in total. The predicted molar refractivity (Wildman–Crippen MR) is 61.6 cm³/mol. The van der Waals surface area contributed by atoms with Gasteiger partial charge in [0.25, 0.3) is 0 Å². The van der Waals surface area contributed by atoms with Gasteiger partial charge in [0.1, 0.15) is 0 Å². The van der Waals surface area contributed by atoms with Crippen molar-refractivity contribution in [3.63, 3.8) is 0 Å². The van der Waals surface area contributed by atoms with Gasteiger partial charge in [0.2, 0.25) is 11.8 Å². The fourth-order valence-corrected chi connectivity index (χ4v) is 1.38. The van der Waals surface area contributed by atoms with E-state index in [4.69, 9.17) is 10.8 Å². The first-order valence-corrected chi connectivity index (χ1v) is 5.78. The lowest BCUT2D eigenvalue weighted by molar-refractivity contribution is -0.135. The van der Waals surface area contributed by atoms with E-state index in [1.54, 1.807) is 0 Å². The maximum Gasteiger partial charge on any atom is 0.237 e. The summed E-state index contributed by atoms with van der Waals surface area (Å²) in [5, 5.41) is 8.61. The standard InChI is InChI=1S/C11H22N2O3/c1-2-3-7-13(9-10(12)15)11(16)6-4-5-8-14/h14H,2-9H2,1H3,(H2,12,15). The number of nitrogens with two attached hydrogens (primary N) is 1. The Balaban J connectivity index is 4.04. The molecule has 5 heteroatoms. The highest BCUT2D eigenvalue weighted by atomic mass is 16.3. The van der Waals surface area contributed by atoms with Crippen molar-refractivity contribution in [1.29, 1.82) is 0 Å². The van der Waals surface area contributed by atoms with Gasteiger partial charge < -0.3 is 15.7 Å². The summed E-state index contributed by atoms with van der Waals surface area (Å²) in [5.41, 5.74) is 5.08. The lowest BCUT2D eigenvalue weighted by Crippen LogP contribution is -2.39. The van der Waals surface area contributed by atoms with Gasteiger partial charge in [0, 0.05) is 19.6 Å². The number of nitrogens with zero attached hydrogens (tertiary/aromatic N) is 1. The second-order valence-corrected chi connectivity index (χ2v) is 3.82. The zero-order valence-electron chi connectivity index (χ0n) is 9.95. The van der Waals surface area contributed by atoms with Crippen molar-refractivity contribution in [3.05, 3.63) is 0 Å². The fourth-order valence-electron chi connectivity index (χ4n) is 1.38. The molecule has 0 unspecified atom stereocenters. The molecule has 0 aliphatic carbocycles. The smallest absolute Gasteiger partial charge is 0.237 e. The normalized spacial score (nSPS) is 10.1. The third-order valence-corrected chi connectivity index (χ3v) is 2.28. The first-order chi connectivity index (χ1) is 7.61. The SMILES string of the molecule is CCCCN(CC(N)=O)C(=O)CCCCO. The second kappa shape index (κ2) is 9.15. The summed E-state index contributed by atoms with van der Waals surface area (Å²) in [7, 11) is 0. The molecule has 0 atom stereocenters. The van der Waals surface area contributed by atoms with E-state index in [1.165, 1.54) is 4.90 Å². The summed E-state index contributed by atoms with van der Waals surface area (Å²) in [4.78, 5) is 24.0. The lowest BCUT2D eigenvalue weighted by atomic mass is 10.2. The van der Waals surface area contributed by atoms with Crippen LogP contribution in [0.2, 0.25) is 0 Å². The number of carbonyl (C=O) groups is 2. The molecular weight excluding hydrogens is 208 g/mol. The molecule has 0 saturated carbocycles. The van der Waals surface area contributed by atoms with Crippen molar-refractivity contribution in [2.24, 2.45) is 5.73 Å². The van der Waals surface area contributed by atoms with Gasteiger partial charge in [-0.1, -0.05) is 13.3 Å². The molecule has 0 bridgehead atoms. The van der Waals surface area contributed by atoms with Crippen LogP contribution in [0, 0.1) is 0 Å². The van der Waals surface area contributed by atoms with E-state index in [-0.39, 0.29) is 19.1 Å². The van der Waals surface area contributed by atoms with E-state index >= 15 is 0 Å². The Labute approximate surface area is 96.6 Å². The number of hydrogen-bond donors (Lipinski definition) is 2. The highest BCUT2D eigenvalue weighted by molar-refractivity contribution is 5.83. The minimum absolute atomic E-state index is 0.00203. The molecule has 0 aliphatic heterocycles. The van der Waals surface area contributed by atoms with Crippen LogP contribution < -0.4 is 5.73 Å². The third kappa shape index (κ3) is 7.23. The van der Waals surface area contributed by atoms with Gasteiger partial charge in [0.15, 0.2) is 0 Å². The predicted octanol–water partition coefficient (Wildman–Crippen LogP) is 0.263. The number of aliphatic hydroxyl groups excluding tert-OH is 1. The molecule has 94 valence electrons. The third-order valence-electron chi connectivity index (χ3n) is 2.28. The Hall–Kier alpha value is -1.10. The summed E-state index contributed by atoms with van der Waals surface area (Å²) in [5.74, 6) is -0.535. The van der Waals surface area contributed by atoms with Crippen LogP contribution in [-0.2, 0) is 9.59 Å². The molecule has 0 radical (unpaired) electrons. The minimum Gasteiger partial charge on any atom is -0.396 e. The Morgan fingerprint density at radius 2 is 1.94 bits per heavy atom. The number of unbranched alkanes of at least 4 members (excludes halogenated alkanes) is 2. The summed E-state index contributed by atoms with van der Waals surface area (Å²) in [6.45, 7) is 2.70. The van der Waals surface area contributed by atoms with Crippen molar-refractivity contribution < 1.29 is 14.7 Å². The molecular formula is C11H22N2O3. The van der Waals surface area contributed by atoms with Crippen LogP contribution in [-0.4, -0.2) is 41.5 Å². The molecule has 0 rings (SSSR count). The van der Waals surface area contributed by atoms with Gasteiger partial charge >= 0.3 is 0 Å². The van der Waals surface area contributed by atoms with Crippen LogP contribution in [0.5, 0.6) is 0 Å². The Kier molecular flexibility index (Phi) is 8.52. The molecule has 2 amide bonds. The summed E-state index contributed by atoms with van der Waals surface area (Å²) in [6.07, 6.45) is 3.48. The minimum atomic E-state index is -0.480. The van der Waals surface area contributed by atoms with Gasteiger partial charge in [0.05, 0.1) is 6.54 Å². The average molecular weight is 230 g/mol. The molecule has 0 aromatic carbocycles. The van der Waals surface area contributed by atoms with Crippen LogP contribution >= 0.6 is 0 Å². The first kappa shape index (κ1) is 14.9. The number of hydrogen-bond acceptors (Lipinski definition) is 3. The van der Waals surface area contributed by atoms with E-state index in [2.05, 4.69) is 0 Å². The van der Waals surface area contributed by atoms with E-state index < -0.39 is 5.91 Å². The summed E-state index contributed by atoms with van der Waals surface area (Å²) >= 11 is 0. The fraction of sp³-hybridized carbons (Fsp3) is 0.818. The molecule has 0 spiro atoms. The summed E-state index contributed by atoms with van der Waals surface area (Å²) < 4.78 is 0. The number of carbonyl (C=O) groups excluding carboxylic acids is 2. The Morgan fingerprint density at radius 1 is 1.25 bits per heavy atom. The maximum atomic E-state index is 11.7. The number of primary amides is 1. The lowest BCUT2D eigenvalue weighted by Gasteiger charge is -2.20. The van der Waals surface area contributed by atoms with Crippen molar-refractivity contribution >= 4 is 11.8 Å². The number of amides is 2. The van der Waals surface area contributed by atoms with Gasteiger partial charge in [-0.3, -0.25) is 9.59 Å². The van der Waals surface area contributed by atoms with Gasteiger partial charge in [-0.2, -0.15) is 0 Å². The van der Waals surface area contributed by atoms with Crippen LogP contribution in [0.4, 0.5) is 0 Å². The van der Waals surface area contributed by atoms with Gasteiger partial charge in [-0.25, -0.2) is 0 Å². The van der Waals surface area contributed by atoms with Crippen molar-refractivity contribution in [3.8, 4) is 0 Å². The van der Waals surface area contributed by atoms with E-state index in [0.29, 0.717) is 25.8 Å². The van der Waals surface area contributed by atoms with E-state index in [0.717, 1.165) is 12.8 Å². The Morgan fingerprint density at radius 3 is 2.44 bits per heavy atom. The highest BCUT2D eigenvalue weighted by Gasteiger charge is 2.14. The van der Waals surface area contributed by atoms with E-state index in [1.807, 2.05) is 6.92 Å². The number of aliphatic hydroxyl groups is 1. The van der Waals surface area contributed by atoms with Crippen LogP contribution in [0.15, 0.2) is 0 Å². The zero-order valence-corrected chi connectivity index (χ0v) is 9.95. The second-order valence-electron chi connectivity index (χ2n) is 3.82. The van der Waals surface area contributed by atoms with Crippen LogP contribution in [0.25, 0.3) is 0 Å². The average Bonchev–Trinajstić information content (AvgIpc) is 2.23. The molecule has 0 saturated heterocycles. The van der Waals surface area contributed by atoms with Crippen molar-refractivity contribution in [2.75, 3.05) is 19.7 Å². The zero-order chi connectivity index (χ0) is 12.4. The maximum absolute atomic E-state index is 11.7. The molecule has 0 aromatic heterocycles. The number of rotatable bonds is 9. The largest absolute Gasteiger partial charge is 0.396 e. The van der Waals surface area contributed by atoms with Crippen LogP contribution in [0.1, 0.15) is 39.0 Å². The summed E-state index contributed by atoms with van der Waals surface area (Å²) in [6, 6.07) is 0. The molecule has 3 N–H and O–H groups in total. The molecule has 0 aromatic rings. The van der Waals surface area contributed by atoms with Gasteiger partial charge in [-0.05, 0) is 19.3 Å². The van der Waals surface area contributed by atoms with Crippen LogP contribution in [0.3, 0.4) is 0 Å². The molecule has 0 aliphatic rings.